The highest BCUT2D eigenvalue weighted by molar-refractivity contribution is 5.87. The number of rotatable bonds is 8. The van der Waals surface area contributed by atoms with Crippen molar-refractivity contribution < 1.29 is 33.8 Å². The molecule has 7 heteroatoms. The number of hydrogen-bond acceptors (Lipinski definition) is 6. The zero-order valence-corrected chi connectivity index (χ0v) is 25.0. The lowest BCUT2D eigenvalue weighted by molar-refractivity contribution is -0.197. The number of carbonyl (C=O) groups excluding carboxylic acids is 3. The predicted molar refractivity (Wildman–Crippen MR) is 146 cm³/mol. The van der Waals surface area contributed by atoms with Crippen LogP contribution < -0.4 is 0 Å². The number of ether oxygens (including phenoxy) is 2. The molecule has 0 bridgehead atoms. The van der Waals surface area contributed by atoms with Crippen LogP contribution in [0.5, 0.6) is 0 Å². The molecule has 0 aromatic heterocycles. The Morgan fingerprint density at radius 1 is 0.949 bits per heavy atom. The summed E-state index contributed by atoms with van der Waals surface area (Å²) in [6.45, 7) is 13.6. The first-order chi connectivity index (χ1) is 18.2. The molecule has 11 atom stereocenters. The first kappa shape index (κ1) is 30.0. The van der Waals surface area contributed by atoms with Gasteiger partial charge in [-0.25, -0.2) is 0 Å². The third-order valence-electron chi connectivity index (χ3n) is 11.9. The average Bonchev–Trinajstić information content (AvgIpc) is 3.18. The number of Topliss-reactive ketones (excluding diaryl/α,β-unsaturated/α-hetero) is 1. The van der Waals surface area contributed by atoms with E-state index in [1.807, 2.05) is 13.8 Å². The summed E-state index contributed by atoms with van der Waals surface area (Å²) in [6.07, 6.45) is 6.72. The second-order valence-electron chi connectivity index (χ2n) is 14.2. The molecule has 7 nitrogen and oxygen atoms in total. The standard InChI is InChI=1S/C32H50O7/c1-17(2)23(30(36)37)9-8-18(3)24-10-11-25-29-26(16-28(35)32(24,25)7)31(6)13-12-22(38-19(4)33)14-21(31)15-27(29)39-20(5)34/h17-18,21-27,29H,8-16H2,1-7H3,(H,36,37)/t18-,21+,22-,23?,24-,25+,26+,27-,29+,31+,32-/m1/s1. The van der Waals surface area contributed by atoms with Gasteiger partial charge in [-0.2, -0.15) is 0 Å². The van der Waals surface area contributed by atoms with Crippen molar-refractivity contribution in [3.63, 3.8) is 0 Å². The van der Waals surface area contributed by atoms with Crippen LogP contribution in [0.1, 0.15) is 106 Å². The Kier molecular flexibility index (Phi) is 8.60. The van der Waals surface area contributed by atoms with E-state index in [4.69, 9.17) is 9.47 Å². The van der Waals surface area contributed by atoms with E-state index in [-0.39, 0.29) is 76.9 Å². The topological polar surface area (TPSA) is 107 Å². The van der Waals surface area contributed by atoms with Gasteiger partial charge in [0, 0.05) is 31.6 Å². The lowest BCUT2D eigenvalue weighted by Crippen LogP contribution is -2.62. The molecule has 0 aliphatic heterocycles. The molecule has 0 spiro atoms. The number of carboxylic acid groups (broad SMARTS) is 1. The average molecular weight is 547 g/mol. The summed E-state index contributed by atoms with van der Waals surface area (Å²) in [5.41, 5.74) is -0.529. The van der Waals surface area contributed by atoms with Crippen LogP contribution in [0.3, 0.4) is 0 Å². The minimum Gasteiger partial charge on any atom is -0.481 e. The van der Waals surface area contributed by atoms with Crippen LogP contribution >= 0.6 is 0 Å². The largest absolute Gasteiger partial charge is 0.481 e. The molecule has 1 N–H and O–H groups in total. The molecule has 0 heterocycles. The van der Waals surface area contributed by atoms with Crippen molar-refractivity contribution in [3.05, 3.63) is 0 Å². The van der Waals surface area contributed by atoms with E-state index in [0.29, 0.717) is 18.6 Å². The van der Waals surface area contributed by atoms with Crippen molar-refractivity contribution in [3.8, 4) is 0 Å². The first-order valence-electron chi connectivity index (χ1n) is 15.3. The van der Waals surface area contributed by atoms with E-state index in [1.54, 1.807) is 0 Å². The van der Waals surface area contributed by atoms with Crippen molar-refractivity contribution in [2.75, 3.05) is 0 Å². The van der Waals surface area contributed by atoms with Gasteiger partial charge in [-0.05, 0) is 92.3 Å². The van der Waals surface area contributed by atoms with E-state index in [0.717, 1.165) is 44.9 Å². The normalized spacial score (nSPS) is 41.1. The van der Waals surface area contributed by atoms with Crippen LogP contribution in [-0.4, -0.2) is 41.0 Å². The Labute approximate surface area is 234 Å². The van der Waals surface area contributed by atoms with E-state index >= 15 is 0 Å². The maximum Gasteiger partial charge on any atom is 0.306 e. The van der Waals surface area contributed by atoms with Gasteiger partial charge in [0.05, 0.1) is 5.92 Å². The van der Waals surface area contributed by atoms with Crippen LogP contribution in [0.25, 0.3) is 0 Å². The Hall–Kier alpha value is -1.92. The summed E-state index contributed by atoms with van der Waals surface area (Å²) in [7, 11) is 0. The van der Waals surface area contributed by atoms with Crippen molar-refractivity contribution in [1.29, 1.82) is 0 Å². The molecular weight excluding hydrogens is 496 g/mol. The van der Waals surface area contributed by atoms with E-state index in [9.17, 15) is 24.3 Å². The lowest BCUT2D eigenvalue weighted by atomic mass is 9.43. The predicted octanol–water partition coefficient (Wildman–Crippen LogP) is 6.07. The van der Waals surface area contributed by atoms with Gasteiger partial charge in [0.2, 0.25) is 0 Å². The van der Waals surface area contributed by atoms with Gasteiger partial charge in [0.15, 0.2) is 0 Å². The minimum absolute atomic E-state index is 0.0510. The number of carbonyl (C=O) groups is 4. The highest BCUT2D eigenvalue weighted by atomic mass is 16.5. The number of ketones is 1. The molecule has 0 saturated heterocycles. The minimum atomic E-state index is -0.734. The second-order valence-corrected chi connectivity index (χ2v) is 14.2. The molecule has 4 aliphatic rings. The van der Waals surface area contributed by atoms with Gasteiger partial charge < -0.3 is 14.6 Å². The first-order valence-corrected chi connectivity index (χ1v) is 15.3. The van der Waals surface area contributed by atoms with Crippen LogP contribution in [0.15, 0.2) is 0 Å². The molecule has 4 rings (SSSR count). The summed E-state index contributed by atoms with van der Waals surface area (Å²) in [5.74, 6) is -0.0720. The molecule has 0 aromatic carbocycles. The Morgan fingerprint density at radius 3 is 2.21 bits per heavy atom. The molecule has 0 aromatic rings. The highest BCUT2D eigenvalue weighted by Gasteiger charge is 2.66. The van der Waals surface area contributed by atoms with E-state index in [1.165, 1.54) is 13.8 Å². The van der Waals surface area contributed by atoms with Gasteiger partial charge in [-0.1, -0.05) is 34.6 Å². The zero-order chi connectivity index (χ0) is 28.9. The van der Waals surface area contributed by atoms with Gasteiger partial charge >= 0.3 is 17.9 Å². The number of aliphatic carboxylic acids is 1. The zero-order valence-electron chi connectivity index (χ0n) is 25.0. The molecule has 0 amide bonds. The van der Waals surface area contributed by atoms with Crippen molar-refractivity contribution in [2.45, 2.75) is 118 Å². The van der Waals surface area contributed by atoms with Crippen molar-refractivity contribution >= 4 is 23.7 Å². The fourth-order valence-electron chi connectivity index (χ4n) is 9.88. The molecular formula is C32H50O7. The third-order valence-corrected chi connectivity index (χ3v) is 11.9. The number of hydrogen-bond donors (Lipinski definition) is 1. The van der Waals surface area contributed by atoms with E-state index < -0.39 is 11.4 Å². The van der Waals surface area contributed by atoms with Gasteiger partial charge in [-0.3, -0.25) is 19.2 Å². The third kappa shape index (κ3) is 5.40. The fourth-order valence-corrected chi connectivity index (χ4v) is 9.88. The maximum absolute atomic E-state index is 14.2. The fraction of sp³-hybridized carbons (Fsp3) is 0.875. The molecule has 39 heavy (non-hydrogen) atoms. The van der Waals surface area contributed by atoms with Crippen LogP contribution in [0.4, 0.5) is 0 Å². The lowest BCUT2D eigenvalue weighted by Gasteiger charge is -2.62. The summed E-state index contributed by atoms with van der Waals surface area (Å²) in [5, 5.41) is 9.69. The molecule has 220 valence electrons. The van der Waals surface area contributed by atoms with Crippen LogP contribution in [0, 0.1) is 58.2 Å². The Balaban J connectivity index is 1.60. The molecule has 4 aliphatic carbocycles. The van der Waals surface area contributed by atoms with Crippen molar-refractivity contribution in [2.24, 2.45) is 58.2 Å². The monoisotopic (exact) mass is 546 g/mol. The molecule has 4 fully saturated rings. The van der Waals surface area contributed by atoms with Crippen LogP contribution in [-0.2, 0) is 28.7 Å². The second kappa shape index (κ2) is 11.2. The van der Waals surface area contributed by atoms with Gasteiger partial charge in [0.1, 0.15) is 18.0 Å². The summed E-state index contributed by atoms with van der Waals surface area (Å²) >= 11 is 0. The SMILES string of the molecule is CC(=O)O[C@@H]1CC[C@@]2(C)[C@@H](C1)C[C@@H](OC(C)=O)[C@@H]1[C@@H]2CC(=O)[C@]2(C)[C@@H]([C@H](C)CCC(C(=O)O)C(C)C)CC[C@@H]12. The number of fused-ring (bicyclic) bond motifs is 5. The van der Waals surface area contributed by atoms with E-state index in [2.05, 4.69) is 20.8 Å². The van der Waals surface area contributed by atoms with Gasteiger partial charge in [-0.15, -0.1) is 0 Å². The maximum atomic E-state index is 14.2. The number of esters is 2. The van der Waals surface area contributed by atoms with Crippen LogP contribution in [0.2, 0.25) is 0 Å². The smallest absolute Gasteiger partial charge is 0.306 e. The Bertz CT molecular complexity index is 974. The van der Waals surface area contributed by atoms with Crippen molar-refractivity contribution in [1.82, 2.24) is 0 Å². The highest BCUT2D eigenvalue weighted by Crippen LogP contribution is 2.68. The summed E-state index contributed by atoms with van der Waals surface area (Å²) < 4.78 is 11.7. The van der Waals surface area contributed by atoms with Gasteiger partial charge in [0.25, 0.3) is 0 Å². The number of carboxylic acids is 1. The molecule has 4 saturated carbocycles. The quantitative estimate of drug-likeness (QED) is 0.368. The summed E-state index contributed by atoms with van der Waals surface area (Å²) in [6, 6.07) is 0. The molecule has 0 radical (unpaired) electrons. The summed E-state index contributed by atoms with van der Waals surface area (Å²) in [4.78, 5) is 50.0. The molecule has 1 unspecified atom stereocenters. The Morgan fingerprint density at radius 2 is 1.62 bits per heavy atom.